The van der Waals surface area contributed by atoms with Gasteiger partial charge in [-0.1, -0.05) is 6.07 Å². The average molecular weight is 296 g/mol. The maximum absolute atomic E-state index is 11.9. The van der Waals surface area contributed by atoms with Crippen LogP contribution in [0.1, 0.15) is 17.3 Å². The molecule has 0 fully saturated rings. The lowest BCUT2D eigenvalue weighted by Gasteiger charge is -2.10. The van der Waals surface area contributed by atoms with Crippen molar-refractivity contribution in [1.82, 2.24) is 9.71 Å². The smallest absolute Gasteiger partial charge is 0.242 e. The van der Waals surface area contributed by atoms with Crippen molar-refractivity contribution in [3.05, 3.63) is 23.8 Å². The summed E-state index contributed by atoms with van der Waals surface area (Å²) in [6.45, 7) is 1.16. The van der Waals surface area contributed by atoms with Crippen LogP contribution in [0, 0.1) is 0 Å². The van der Waals surface area contributed by atoms with Gasteiger partial charge in [0.05, 0.1) is 5.52 Å². The van der Waals surface area contributed by atoms with E-state index in [-0.39, 0.29) is 21.4 Å². The highest BCUT2D eigenvalue weighted by atomic mass is 32.2. The highest BCUT2D eigenvalue weighted by molar-refractivity contribution is 7.89. The fourth-order valence-electron chi connectivity index (χ4n) is 1.88. The van der Waals surface area contributed by atoms with Gasteiger partial charge in [-0.3, -0.25) is 4.79 Å². The van der Waals surface area contributed by atoms with Crippen LogP contribution in [-0.2, 0) is 10.0 Å². The molecular formula is C12H12N2O5S. The third-order valence-electron chi connectivity index (χ3n) is 2.84. The van der Waals surface area contributed by atoms with E-state index in [1.54, 1.807) is 0 Å². The Kier molecular flexibility index (Phi) is 3.36. The van der Waals surface area contributed by atoms with E-state index in [1.807, 2.05) is 0 Å². The summed E-state index contributed by atoms with van der Waals surface area (Å²) in [5.74, 6) is -1.77. The van der Waals surface area contributed by atoms with Crippen molar-refractivity contribution in [2.24, 2.45) is 0 Å². The zero-order chi connectivity index (χ0) is 15.1. The van der Waals surface area contributed by atoms with Gasteiger partial charge in [-0.25, -0.2) is 18.1 Å². The van der Waals surface area contributed by atoms with Crippen molar-refractivity contribution in [3.8, 4) is 11.6 Å². The SMILES string of the molecule is CNS(=O)(=O)c1cccc2c(O)c(C(C)=O)c(O)nc12. The van der Waals surface area contributed by atoms with Crippen LogP contribution in [0.5, 0.6) is 11.6 Å². The molecule has 2 aromatic rings. The van der Waals surface area contributed by atoms with E-state index in [2.05, 4.69) is 9.71 Å². The Bertz CT molecular complexity index is 814. The van der Waals surface area contributed by atoms with Crippen LogP contribution in [0.3, 0.4) is 0 Å². The summed E-state index contributed by atoms with van der Waals surface area (Å²) in [4.78, 5) is 14.9. The first kappa shape index (κ1) is 14.2. The Morgan fingerprint density at radius 1 is 1.30 bits per heavy atom. The second-order valence-corrected chi connectivity index (χ2v) is 5.93. The predicted molar refractivity (Wildman–Crippen MR) is 71.3 cm³/mol. The van der Waals surface area contributed by atoms with Crippen LogP contribution >= 0.6 is 0 Å². The number of para-hydroxylation sites is 1. The monoisotopic (exact) mass is 296 g/mol. The Hall–Kier alpha value is -2.19. The predicted octanol–water partition coefficient (Wildman–Crippen LogP) is 0.757. The first-order valence-corrected chi connectivity index (χ1v) is 7.07. The number of ketones is 1. The molecule has 0 saturated carbocycles. The quantitative estimate of drug-likeness (QED) is 0.720. The van der Waals surface area contributed by atoms with Crippen LogP contribution in [0.2, 0.25) is 0 Å². The minimum Gasteiger partial charge on any atom is -0.506 e. The molecule has 0 aliphatic heterocycles. The van der Waals surface area contributed by atoms with E-state index >= 15 is 0 Å². The number of nitrogens with one attached hydrogen (secondary N) is 1. The van der Waals surface area contributed by atoms with E-state index in [9.17, 15) is 23.4 Å². The van der Waals surface area contributed by atoms with Crippen molar-refractivity contribution < 1.29 is 23.4 Å². The number of fused-ring (bicyclic) bond motifs is 1. The zero-order valence-corrected chi connectivity index (χ0v) is 11.5. The number of carbonyl (C=O) groups excluding carboxylic acids is 1. The van der Waals surface area contributed by atoms with Gasteiger partial charge < -0.3 is 10.2 Å². The van der Waals surface area contributed by atoms with Gasteiger partial charge in [-0.2, -0.15) is 0 Å². The molecule has 8 heteroatoms. The number of pyridine rings is 1. The summed E-state index contributed by atoms with van der Waals surface area (Å²) in [6, 6.07) is 4.11. The van der Waals surface area contributed by atoms with Crippen molar-refractivity contribution >= 4 is 26.7 Å². The van der Waals surface area contributed by atoms with Gasteiger partial charge in [-0.05, 0) is 26.1 Å². The van der Waals surface area contributed by atoms with Crippen LogP contribution in [0.15, 0.2) is 23.1 Å². The van der Waals surface area contributed by atoms with Crippen molar-refractivity contribution in [1.29, 1.82) is 0 Å². The van der Waals surface area contributed by atoms with Crippen LogP contribution in [0.25, 0.3) is 10.9 Å². The fraction of sp³-hybridized carbons (Fsp3) is 0.167. The molecule has 106 valence electrons. The van der Waals surface area contributed by atoms with Gasteiger partial charge in [0.1, 0.15) is 16.2 Å². The Balaban J connectivity index is 2.96. The number of benzene rings is 1. The normalized spacial score (nSPS) is 11.7. The molecule has 1 heterocycles. The van der Waals surface area contributed by atoms with E-state index in [0.717, 1.165) is 6.92 Å². The molecule has 0 atom stereocenters. The number of aromatic hydroxyl groups is 2. The molecule has 0 saturated heterocycles. The van der Waals surface area contributed by atoms with Crippen molar-refractivity contribution in [3.63, 3.8) is 0 Å². The summed E-state index contributed by atoms with van der Waals surface area (Å²) in [6.07, 6.45) is 0. The highest BCUT2D eigenvalue weighted by Gasteiger charge is 2.23. The molecule has 0 amide bonds. The van der Waals surface area contributed by atoms with Crippen molar-refractivity contribution in [2.45, 2.75) is 11.8 Å². The van der Waals surface area contributed by atoms with Crippen LogP contribution in [-0.4, -0.2) is 36.4 Å². The second-order valence-electron chi connectivity index (χ2n) is 4.08. The maximum atomic E-state index is 11.9. The molecule has 20 heavy (non-hydrogen) atoms. The van der Waals surface area contributed by atoms with Gasteiger partial charge in [0.25, 0.3) is 0 Å². The van der Waals surface area contributed by atoms with Gasteiger partial charge in [0.15, 0.2) is 5.78 Å². The molecular weight excluding hydrogens is 284 g/mol. The molecule has 0 aliphatic rings. The minimum atomic E-state index is -3.81. The number of sulfonamides is 1. The van der Waals surface area contributed by atoms with Crippen molar-refractivity contribution in [2.75, 3.05) is 7.05 Å². The first-order valence-electron chi connectivity index (χ1n) is 5.58. The Morgan fingerprint density at radius 3 is 2.50 bits per heavy atom. The van der Waals surface area contributed by atoms with E-state index in [4.69, 9.17) is 0 Å². The molecule has 3 N–H and O–H groups in total. The standard InChI is InChI=1S/C12H12N2O5S/c1-6(15)9-11(16)7-4-3-5-8(20(18,19)13-2)10(7)14-12(9)17/h3-5,13H,1-2H3,(H2,14,16,17). The maximum Gasteiger partial charge on any atom is 0.242 e. The average Bonchev–Trinajstić information content (AvgIpc) is 2.37. The Morgan fingerprint density at radius 2 is 1.95 bits per heavy atom. The second kappa shape index (κ2) is 4.73. The first-order chi connectivity index (χ1) is 9.29. The number of aromatic nitrogens is 1. The molecule has 1 aromatic carbocycles. The van der Waals surface area contributed by atoms with Gasteiger partial charge in [-0.15, -0.1) is 0 Å². The molecule has 0 aliphatic carbocycles. The molecule has 1 aromatic heterocycles. The summed E-state index contributed by atoms with van der Waals surface area (Å²) >= 11 is 0. The fourth-order valence-corrected chi connectivity index (χ4v) is 2.77. The molecule has 7 nitrogen and oxygen atoms in total. The topological polar surface area (TPSA) is 117 Å². The van der Waals surface area contributed by atoms with Crippen LogP contribution < -0.4 is 4.72 Å². The summed E-state index contributed by atoms with van der Waals surface area (Å²) in [5.41, 5.74) is -0.446. The molecule has 0 radical (unpaired) electrons. The zero-order valence-electron chi connectivity index (χ0n) is 10.7. The number of rotatable bonds is 3. The van der Waals surface area contributed by atoms with Gasteiger partial charge >= 0.3 is 0 Å². The van der Waals surface area contributed by atoms with Crippen LogP contribution in [0.4, 0.5) is 0 Å². The lowest BCUT2D eigenvalue weighted by molar-refractivity contribution is 0.101. The van der Waals surface area contributed by atoms with E-state index < -0.39 is 27.4 Å². The van der Waals surface area contributed by atoms with E-state index in [0.29, 0.717) is 0 Å². The Labute approximate surface area is 114 Å². The third-order valence-corrected chi connectivity index (χ3v) is 4.29. The number of hydrogen-bond donors (Lipinski definition) is 3. The lowest BCUT2D eigenvalue weighted by Crippen LogP contribution is -2.19. The molecule has 0 unspecified atom stereocenters. The number of Topliss-reactive ketones (excluding diaryl/α,β-unsaturated/α-hetero) is 1. The molecule has 0 spiro atoms. The molecule has 2 rings (SSSR count). The third kappa shape index (κ3) is 2.08. The summed E-state index contributed by atoms with van der Waals surface area (Å²) in [5, 5.41) is 19.8. The summed E-state index contributed by atoms with van der Waals surface area (Å²) in [7, 11) is -2.58. The number of nitrogens with zero attached hydrogens (tertiary/aromatic N) is 1. The highest BCUT2D eigenvalue weighted by Crippen LogP contribution is 2.35. The van der Waals surface area contributed by atoms with E-state index in [1.165, 1.54) is 25.2 Å². The number of hydrogen-bond acceptors (Lipinski definition) is 6. The largest absolute Gasteiger partial charge is 0.506 e. The molecule has 0 bridgehead atoms. The van der Waals surface area contributed by atoms with Gasteiger partial charge in [0, 0.05) is 5.39 Å². The van der Waals surface area contributed by atoms with Gasteiger partial charge in [0.2, 0.25) is 15.9 Å². The summed E-state index contributed by atoms with van der Waals surface area (Å²) < 4.78 is 25.9. The lowest BCUT2D eigenvalue weighted by atomic mass is 10.1. The number of carbonyl (C=O) groups is 1. The minimum absolute atomic E-state index is 0.0734.